The molecule has 0 unspecified atom stereocenters. The minimum atomic E-state index is 0.907. The van der Waals surface area contributed by atoms with Crippen molar-refractivity contribution in [3.63, 3.8) is 0 Å². The number of aromatic nitrogens is 1. The molecule has 0 aliphatic carbocycles. The van der Waals surface area contributed by atoms with Crippen LogP contribution in [0, 0.1) is 0 Å². The van der Waals surface area contributed by atoms with Crippen molar-refractivity contribution in [1.82, 2.24) is 10.3 Å². The van der Waals surface area contributed by atoms with Gasteiger partial charge in [0, 0.05) is 43.0 Å². The number of benzene rings is 1. The van der Waals surface area contributed by atoms with Crippen LogP contribution >= 0.6 is 11.3 Å². The molecule has 4 heteroatoms. The van der Waals surface area contributed by atoms with E-state index in [4.69, 9.17) is 0 Å². The van der Waals surface area contributed by atoms with Gasteiger partial charge in [-0.05, 0) is 30.8 Å². The quantitative estimate of drug-likeness (QED) is 0.897. The molecule has 0 spiro atoms. The fraction of sp³-hybridized carbons (Fsp3) is 0.357. The normalized spacial score (nSPS) is 10.6. The van der Waals surface area contributed by atoms with Crippen molar-refractivity contribution in [3.05, 3.63) is 35.3 Å². The summed E-state index contributed by atoms with van der Waals surface area (Å²) < 4.78 is 0. The second-order valence-electron chi connectivity index (χ2n) is 4.35. The molecule has 0 atom stereocenters. The van der Waals surface area contributed by atoms with Crippen LogP contribution in [-0.4, -0.2) is 25.6 Å². The Labute approximate surface area is 112 Å². The van der Waals surface area contributed by atoms with Crippen LogP contribution in [0.1, 0.15) is 11.8 Å². The smallest absolute Gasteiger partial charge is 0.123 e. The molecular formula is C14H19N3S. The Morgan fingerprint density at radius 3 is 2.56 bits per heavy atom. The standard InChI is InChI=1S/C14H19N3S/c1-4-15-9-13-10-16-14(18-13)11-5-7-12(8-6-11)17(2)3/h5-8,10,15H,4,9H2,1-3H3. The highest BCUT2D eigenvalue weighted by molar-refractivity contribution is 7.15. The van der Waals surface area contributed by atoms with Crippen LogP contribution in [0.2, 0.25) is 0 Å². The number of rotatable bonds is 5. The first kappa shape index (κ1) is 13.1. The Balaban J connectivity index is 2.13. The fourth-order valence-electron chi connectivity index (χ4n) is 1.67. The van der Waals surface area contributed by atoms with Gasteiger partial charge in [0.15, 0.2) is 0 Å². The fourth-order valence-corrected chi connectivity index (χ4v) is 2.56. The molecule has 0 amide bonds. The van der Waals surface area contributed by atoms with Crippen molar-refractivity contribution in [2.75, 3.05) is 25.5 Å². The summed E-state index contributed by atoms with van der Waals surface area (Å²) in [5.74, 6) is 0. The van der Waals surface area contributed by atoms with Gasteiger partial charge in [-0.1, -0.05) is 6.92 Å². The third kappa shape index (κ3) is 3.09. The van der Waals surface area contributed by atoms with Gasteiger partial charge in [-0.2, -0.15) is 0 Å². The van der Waals surface area contributed by atoms with Crippen molar-refractivity contribution in [1.29, 1.82) is 0 Å². The molecule has 0 saturated carbocycles. The summed E-state index contributed by atoms with van der Waals surface area (Å²) in [5.41, 5.74) is 2.40. The molecule has 0 bridgehead atoms. The lowest BCUT2D eigenvalue weighted by Gasteiger charge is -2.11. The molecule has 1 heterocycles. The lowest BCUT2D eigenvalue weighted by atomic mass is 10.2. The zero-order valence-corrected chi connectivity index (χ0v) is 11.9. The number of hydrogen-bond donors (Lipinski definition) is 1. The molecule has 0 radical (unpaired) electrons. The molecule has 3 nitrogen and oxygen atoms in total. The summed E-state index contributed by atoms with van der Waals surface area (Å²) in [6.45, 7) is 4.01. The van der Waals surface area contributed by atoms with Crippen LogP contribution in [0.25, 0.3) is 10.6 Å². The Hall–Kier alpha value is -1.39. The first-order chi connectivity index (χ1) is 8.70. The van der Waals surface area contributed by atoms with Gasteiger partial charge in [0.25, 0.3) is 0 Å². The molecule has 18 heavy (non-hydrogen) atoms. The van der Waals surface area contributed by atoms with Gasteiger partial charge >= 0.3 is 0 Å². The molecule has 96 valence electrons. The Bertz CT molecular complexity index is 488. The minimum Gasteiger partial charge on any atom is -0.378 e. The predicted octanol–water partition coefficient (Wildman–Crippen LogP) is 2.99. The maximum absolute atomic E-state index is 4.48. The molecule has 0 fully saturated rings. The van der Waals surface area contributed by atoms with Crippen LogP contribution in [0.15, 0.2) is 30.5 Å². The van der Waals surface area contributed by atoms with E-state index in [9.17, 15) is 0 Å². The van der Waals surface area contributed by atoms with Crippen LogP contribution < -0.4 is 10.2 Å². The zero-order valence-electron chi connectivity index (χ0n) is 11.1. The van der Waals surface area contributed by atoms with E-state index in [1.165, 1.54) is 16.1 Å². The highest BCUT2D eigenvalue weighted by atomic mass is 32.1. The van der Waals surface area contributed by atoms with Crippen LogP contribution in [0.4, 0.5) is 5.69 Å². The second kappa shape index (κ2) is 5.98. The van der Waals surface area contributed by atoms with Gasteiger partial charge in [-0.25, -0.2) is 4.98 Å². The van der Waals surface area contributed by atoms with E-state index < -0.39 is 0 Å². The largest absolute Gasteiger partial charge is 0.378 e. The van der Waals surface area contributed by atoms with E-state index in [0.29, 0.717) is 0 Å². The molecule has 0 saturated heterocycles. The van der Waals surface area contributed by atoms with E-state index in [1.807, 2.05) is 20.3 Å². The summed E-state index contributed by atoms with van der Waals surface area (Å²) >= 11 is 1.75. The number of nitrogens with one attached hydrogen (secondary N) is 1. The average molecular weight is 261 g/mol. The van der Waals surface area contributed by atoms with Gasteiger partial charge in [0.1, 0.15) is 5.01 Å². The van der Waals surface area contributed by atoms with E-state index in [0.717, 1.165) is 18.1 Å². The summed E-state index contributed by atoms with van der Waals surface area (Å²) in [5, 5.41) is 4.41. The first-order valence-corrected chi connectivity index (χ1v) is 6.95. The molecular weight excluding hydrogens is 242 g/mol. The van der Waals surface area contributed by atoms with Crippen molar-refractivity contribution in [3.8, 4) is 10.6 Å². The number of nitrogens with zero attached hydrogens (tertiary/aromatic N) is 2. The van der Waals surface area contributed by atoms with E-state index in [-0.39, 0.29) is 0 Å². The summed E-state index contributed by atoms with van der Waals surface area (Å²) in [6.07, 6.45) is 1.96. The number of anilines is 1. The summed E-state index contributed by atoms with van der Waals surface area (Å²) in [4.78, 5) is 7.86. The molecule has 0 aliphatic heterocycles. The van der Waals surface area contributed by atoms with E-state index in [1.54, 1.807) is 11.3 Å². The maximum atomic E-state index is 4.48. The molecule has 0 aliphatic rings. The van der Waals surface area contributed by atoms with Gasteiger partial charge in [-0.3, -0.25) is 0 Å². The van der Waals surface area contributed by atoms with Crippen molar-refractivity contribution in [2.24, 2.45) is 0 Å². The Kier molecular flexibility index (Phi) is 4.33. The van der Waals surface area contributed by atoms with Crippen molar-refractivity contribution < 1.29 is 0 Å². The van der Waals surface area contributed by atoms with Gasteiger partial charge in [-0.15, -0.1) is 11.3 Å². The van der Waals surface area contributed by atoms with Gasteiger partial charge < -0.3 is 10.2 Å². The monoisotopic (exact) mass is 261 g/mol. The van der Waals surface area contributed by atoms with E-state index >= 15 is 0 Å². The minimum absolute atomic E-state index is 0.907. The van der Waals surface area contributed by atoms with Crippen molar-refractivity contribution in [2.45, 2.75) is 13.5 Å². The zero-order chi connectivity index (χ0) is 13.0. The second-order valence-corrected chi connectivity index (χ2v) is 5.47. The Morgan fingerprint density at radius 1 is 1.22 bits per heavy atom. The van der Waals surface area contributed by atoms with Gasteiger partial charge in [0.05, 0.1) is 0 Å². The third-order valence-electron chi connectivity index (χ3n) is 2.73. The van der Waals surface area contributed by atoms with Crippen LogP contribution in [-0.2, 0) is 6.54 Å². The Morgan fingerprint density at radius 2 is 1.94 bits per heavy atom. The average Bonchev–Trinajstić information content (AvgIpc) is 2.85. The highest BCUT2D eigenvalue weighted by Gasteiger charge is 2.04. The lowest BCUT2D eigenvalue weighted by Crippen LogP contribution is -2.10. The predicted molar refractivity (Wildman–Crippen MR) is 79.3 cm³/mol. The topological polar surface area (TPSA) is 28.2 Å². The summed E-state index contributed by atoms with van der Waals surface area (Å²) in [7, 11) is 4.10. The first-order valence-electron chi connectivity index (χ1n) is 6.14. The van der Waals surface area contributed by atoms with Crippen LogP contribution in [0.3, 0.4) is 0 Å². The molecule has 1 N–H and O–H groups in total. The number of thiazole rings is 1. The van der Waals surface area contributed by atoms with Crippen molar-refractivity contribution >= 4 is 17.0 Å². The molecule has 1 aromatic carbocycles. The van der Waals surface area contributed by atoms with E-state index in [2.05, 4.69) is 46.4 Å². The maximum Gasteiger partial charge on any atom is 0.123 e. The third-order valence-corrected chi connectivity index (χ3v) is 3.78. The summed E-state index contributed by atoms with van der Waals surface area (Å²) in [6, 6.07) is 8.51. The molecule has 1 aromatic heterocycles. The lowest BCUT2D eigenvalue weighted by molar-refractivity contribution is 0.734. The SMILES string of the molecule is CCNCc1cnc(-c2ccc(N(C)C)cc2)s1. The van der Waals surface area contributed by atoms with Gasteiger partial charge in [0.2, 0.25) is 0 Å². The molecule has 2 rings (SSSR count). The number of hydrogen-bond acceptors (Lipinski definition) is 4. The highest BCUT2D eigenvalue weighted by Crippen LogP contribution is 2.26. The van der Waals surface area contributed by atoms with Crippen LogP contribution in [0.5, 0.6) is 0 Å². The molecule has 2 aromatic rings.